The monoisotopic (exact) mass is 386 g/mol. The molecule has 0 bridgehead atoms. The van der Waals surface area contributed by atoms with Crippen LogP contribution in [0.25, 0.3) is 11.3 Å². The molecule has 0 saturated carbocycles. The summed E-state index contributed by atoms with van der Waals surface area (Å²) < 4.78 is 28.7. The number of aromatic nitrogens is 2. The molecule has 2 aromatic carbocycles. The summed E-state index contributed by atoms with van der Waals surface area (Å²) in [7, 11) is 0. The SMILES string of the molecule is CCNC(O)Nc1cccc(Cn2nc(-c3cc(F)ccc3F)ccc2=O)c1. The third kappa shape index (κ3) is 4.79. The van der Waals surface area contributed by atoms with Crippen molar-refractivity contribution in [3.8, 4) is 11.3 Å². The molecule has 1 heterocycles. The fraction of sp³-hybridized carbons (Fsp3) is 0.200. The molecule has 8 heteroatoms. The molecule has 28 heavy (non-hydrogen) atoms. The Bertz CT molecular complexity index is 1020. The number of benzene rings is 2. The molecule has 1 unspecified atom stereocenters. The number of aliphatic hydroxyl groups excluding tert-OH is 1. The normalized spacial score (nSPS) is 12.0. The van der Waals surface area contributed by atoms with Gasteiger partial charge in [0.05, 0.1) is 12.2 Å². The minimum absolute atomic E-state index is 0.0158. The first-order valence-electron chi connectivity index (χ1n) is 8.77. The zero-order chi connectivity index (χ0) is 20.1. The quantitative estimate of drug-likeness (QED) is 0.544. The van der Waals surface area contributed by atoms with E-state index in [-0.39, 0.29) is 23.4 Å². The van der Waals surface area contributed by atoms with Crippen LogP contribution in [0.15, 0.2) is 59.4 Å². The van der Waals surface area contributed by atoms with Gasteiger partial charge in [0.2, 0.25) is 0 Å². The van der Waals surface area contributed by atoms with Gasteiger partial charge in [-0.3, -0.25) is 10.1 Å². The molecular weight excluding hydrogens is 366 g/mol. The Morgan fingerprint density at radius 1 is 1.14 bits per heavy atom. The summed E-state index contributed by atoms with van der Waals surface area (Å²) in [6.07, 6.45) is -0.902. The summed E-state index contributed by atoms with van der Waals surface area (Å²) >= 11 is 0. The maximum Gasteiger partial charge on any atom is 0.267 e. The number of nitrogens with zero attached hydrogens (tertiary/aromatic N) is 2. The molecular formula is C20H20F2N4O2. The van der Waals surface area contributed by atoms with E-state index < -0.39 is 18.0 Å². The molecule has 0 amide bonds. The Kier molecular flexibility index (Phi) is 6.13. The zero-order valence-corrected chi connectivity index (χ0v) is 15.2. The van der Waals surface area contributed by atoms with E-state index in [1.807, 2.05) is 6.92 Å². The van der Waals surface area contributed by atoms with E-state index in [1.54, 1.807) is 24.3 Å². The maximum absolute atomic E-state index is 14.0. The van der Waals surface area contributed by atoms with Gasteiger partial charge in [0.1, 0.15) is 11.6 Å². The van der Waals surface area contributed by atoms with Crippen LogP contribution >= 0.6 is 0 Å². The van der Waals surface area contributed by atoms with Gasteiger partial charge in [0.25, 0.3) is 5.56 Å². The number of hydrogen-bond acceptors (Lipinski definition) is 5. The molecule has 3 rings (SSSR count). The van der Waals surface area contributed by atoms with Gasteiger partial charge in [-0.05, 0) is 48.5 Å². The summed E-state index contributed by atoms with van der Waals surface area (Å²) in [6, 6.07) is 12.8. The second kappa shape index (κ2) is 8.73. The predicted octanol–water partition coefficient (Wildman–Crippen LogP) is 2.53. The van der Waals surface area contributed by atoms with E-state index in [0.29, 0.717) is 12.2 Å². The van der Waals surface area contributed by atoms with Crippen molar-refractivity contribution in [3.05, 3.63) is 82.1 Å². The zero-order valence-electron chi connectivity index (χ0n) is 15.2. The third-order valence-electron chi connectivity index (χ3n) is 4.03. The number of anilines is 1. The minimum Gasteiger partial charge on any atom is -0.361 e. The molecule has 3 aromatic rings. The van der Waals surface area contributed by atoms with Gasteiger partial charge in [-0.2, -0.15) is 5.10 Å². The Morgan fingerprint density at radius 2 is 1.96 bits per heavy atom. The van der Waals surface area contributed by atoms with Gasteiger partial charge in [-0.1, -0.05) is 19.1 Å². The Morgan fingerprint density at radius 3 is 2.75 bits per heavy atom. The Hall–Kier alpha value is -3.10. The van der Waals surface area contributed by atoms with E-state index in [9.17, 15) is 18.7 Å². The molecule has 1 atom stereocenters. The highest BCUT2D eigenvalue weighted by molar-refractivity contribution is 5.59. The van der Waals surface area contributed by atoms with E-state index >= 15 is 0 Å². The minimum atomic E-state index is -0.902. The topological polar surface area (TPSA) is 79.2 Å². The lowest BCUT2D eigenvalue weighted by Gasteiger charge is -2.15. The van der Waals surface area contributed by atoms with Crippen LogP contribution in [0.1, 0.15) is 12.5 Å². The van der Waals surface area contributed by atoms with E-state index in [4.69, 9.17) is 0 Å². The number of hydrogen-bond donors (Lipinski definition) is 3. The Labute approximate surface area is 160 Å². The number of nitrogens with one attached hydrogen (secondary N) is 2. The van der Waals surface area contributed by atoms with Crippen LogP contribution in [-0.4, -0.2) is 27.8 Å². The van der Waals surface area contributed by atoms with Gasteiger partial charge in [-0.25, -0.2) is 13.5 Å². The summed E-state index contributed by atoms with van der Waals surface area (Å²) in [6.45, 7) is 2.60. The molecule has 1 aromatic heterocycles. The predicted molar refractivity (Wildman–Crippen MR) is 103 cm³/mol. The lowest BCUT2D eigenvalue weighted by molar-refractivity contribution is 0.168. The molecule has 0 radical (unpaired) electrons. The lowest BCUT2D eigenvalue weighted by Crippen LogP contribution is -2.35. The second-order valence-electron chi connectivity index (χ2n) is 6.14. The van der Waals surface area contributed by atoms with Crippen molar-refractivity contribution < 1.29 is 13.9 Å². The summed E-state index contributed by atoms with van der Waals surface area (Å²) in [5.74, 6) is -1.21. The van der Waals surface area contributed by atoms with Crippen LogP contribution in [0.2, 0.25) is 0 Å². The number of rotatable bonds is 7. The molecule has 0 aliphatic rings. The fourth-order valence-electron chi connectivity index (χ4n) is 2.73. The van der Waals surface area contributed by atoms with Crippen molar-refractivity contribution in [1.82, 2.24) is 15.1 Å². The van der Waals surface area contributed by atoms with Crippen molar-refractivity contribution in [1.29, 1.82) is 0 Å². The summed E-state index contributed by atoms with van der Waals surface area (Å²) in [5.41, 5.74) is 1.18. The van der Waals surface area contributed by atoms with Crippen molar-refractivity contribution in [2.24, 2.45) is 0 Å². The van der Waals surface area contributed by atoms with Crippen molar-refractivity contribution in [2.45, 2.75) is 19.8 Å². The highest BCUT2D eigenvalue weighted by atomic mass is 19.1. The van der Waals surface area contributed by atoms with Crippen LogP contribution in [0, 0.1) is 11.6 Å². The maximum atomic E-state index is 14.0. The average Bonchev–Trinajstić information content (AvgIpc) is 2.66. The molecule has 0 aliphatic carbocycles. The first-order chi connectivity index (χ1) is 13.5. The van der Waals surface area contributed by atoms with E-state index in [2.05, 4.69) is 15.7 Å². The molecule has 0 fully saturated rings. The molecule has 146 valence electrons. The smallest absolute Gasteiger partial charge is 0.267 e. The standard InChI is InChI=1S/C20H20F2N4O2/c1-2-23-20(28)24-15-5-3-4-13(10-15)12-26-19(27)9-8-18(25-26)16-11-14(21)6-7-17(16)22/h3-11,20,23-24,28H,2,12H2,1H3. The van der Waals surface area contributed by atoms with Gasteiger partial charge in [0.15, 0.2) is 6.35 Å². The average molecular weight is 386 g/mol. The summed E-state index contributed by atoms with van der Waals surface area (Å²) in [4.78, 5) is 12.2. The van der Waals surface area contributed by atoms with Crippen LogP contribution in [0.5, 0.6) is 0 Å². The van der Waals surface area contributed by atoms with Gasteiger partial charge in [-0.15, -0.1) is 0 Å². The van der Waals surface area contributed by atoms with Gasteiger partial charge >= 0.3 is 0 Å². The van der Waals surface area contributed by atoms with Crippen molar-refractivity contribution in [3.63, 3.8) is 0 Å². The highest BCUT2D eigenvalue weighted by Gasteiger charge is 2.11. The molecule has 0 aliphatic heterocycles. The second-order valence-corrected chi connectivity index (χ2v) is 6.14. The van der Waals surface area contributed by atoms with Crippen molar-refractivity contribution in [2.75, 3.05) is 11.9 Å². The lowest BCUT2D eigenvalue weighted by atomic mass is 10.1. The third-order valence-corrected chi connectivity index (χ3v) is 4.03. The Balaban J connectivity index is 1.87. The molecule has 6 nitrogen and oxygen atoms in total. The van der Waals surface area contributed by atoms with Crippen LogP contribution < -0.4 is 16.2 Å². The first kappa shape index (κ1) is 19.7. The number of aliphatic hydroxyl groups is 1. The largest absolute Gasteiger partial charge is 0.361 e. The van der Waals surface area contributed by atoms with Crippen molar-refractivity contribution >= 4 is 5.69 Å². The first-order valence-corrected chi connectivity index (χ1v) is 8.77. The van der Waals surface area contributed by atoms with Crippen LogP contribution in [-0.2, 0) is 6.54 Å². The molecule has 0 spiro atoms. The van der Waals surface area contributed by atoms with Gasteiger partial charge < -0.3 is 10.4 Å². The van der Waals surface area contributed by atoms with Crippen LogP contribution in [0.4, 0.5) is 14.5 Å². The van der Waals surface area contributed by atoms with Gasteiger partial charge in [0, 0.05) is 17.3 Å². The highest BCUT2D eigenvalue weighted by Crippen LogP contribution is 2.21. The number of halogens is 2. The van der Waals surface area contributed by atoms with Crippen LogP contribution in [0.3, 0.4) is 0 Å². The van der Waals surface area contributed by atoms with E-state index in [0.717, 1.165) is 23.8 Å². The van der Waals surface area contributed by atoms with E-state index in [1.165, 1.54) is 16.8 Å². The molecule has 3 N–H and O–H groups in total. The molecule has 0 saturated heterocycles. The fourth-order valence-corrected chi connectivity index (χ4v) is 2.73. The summed E-state index contributed by atoms with van der Waals surface area (Å²) in [5, 5.41) is 19.7.